The zero-order valence-corrected chi connectivity index (χ0v) is 7.40. The summed E-state index contributed by atoms with van der Waals surface area (Å²) >= 11 is 0. The molecule has 0 aliphatic rings. The van der Waals surface area contributed by atoms with E-state index in [1.807, 2.05) is 12.1 Å². The van der Waals surface area contributed by atoms with Crippen LogP contribution in [0.1, 0.15) is 0 Å². The molecule has 68 valence electrons. The molecule has 0 bridgehead atoms. The fraction of sp³-hybridized carbons (Fsp3) is 0.222. The van der Waals surface area contributed by atoms with E-state index < -0.39 is 0 Å². The van der Waals surface area contributed by atoms with Crippen LogP contribution < -0.4 is 9.47 Å². The van der Waals surface area contributed by atoms with Crippen LogP contribution in [0.5, 0.6) is 11.5 Å². The third-order valence-electron chi connectivity index (χ3n) is 1.87. The van der Waals surface area contributed by atoms with Crippen molar-refractivity contribution in [1.29, 1.82) is 0 Å². The van der Waals surface area contributed by atoms with Crippen molar-refractivity contribution in [1.82, 2.24) is 5.16 Å². The first-order valence-electron chi connectivity index (χ1n) is 3.82. The van der Waals surface area contributed by atoms with Gasteiger partial charge in [0.05, 0.1) is 20.4 Å². The minimum atomic E-state index is 0.581. The van der Waals surface area contributed by atoms with Crippen LogP contribution >= 0.6 is 0 Å². The average molecular weight is 179 g/mol. The van der Waals surface area contributed by atoms with Gasteiger partial charge in [-0.15, -0.1) is 0 Å². The van der Waals surface area contributed by atoms with Crippen LogP contribution in [0.2, 0.25) is 0 Å². The second-order valence-electron chi connectivity index (χ2n) is 2.55. The fourth-order valence-corrected chi connectivity index (χ4v) is 1.25. The third-order valence-corrected chi connectivity index (χ3v) is 1.87. The van der Waals surface area contributed by atoms with Gasteiger partial charge in [-0.3, -0.25) is 0 Å². The molecule has 13 heavy (non-hydrogen) atoms. The molecule has 4 heteroatoms. The van der Waals surface area contributed by atoms with Crippen LogP contribution in [0.15, 0.2) is 22.9 Å². The predicted octanol–water partition coefficient (Wildman–Crippen LogP) is 1.84. The van der Waals surface area contributed by atoms with Crippen molar-refractivity contribution in [2.24, 2.45) is 0 Å². The Kier molecular flexibility index (Phi) is 1.81. The molecule has 0 unspecified atom stereocenters. The van der Waals surface area contributed by atoms with E-state index >= 15 is 0 Å². The molecule has 1 aromatic carbocycles. The van der Waals surface area contributed by atoms with Gasteiger partial charge < -0.3 is 14.0 Å². The highest BCUT2D eigenvalue weighted by molar-refractivity contribution is 5.84. The van der Waals surface area contributed by atoms with Crippen molar-refractivity contribution in [3.63, 3.8) is 0 Å². The van der Waals surface area contributed by atoms with Crippen LogP contribution in [0, 0.1) is 0 Å². The lowest BCUT2D eigenvalue weighted by Crippen LogP contribution is -1.89. The SMILES string of the molecule is COc1ccc2cnoc2c1OC. The molecule has 0 radical (unpaired) electrons. The van der Waals surface area contributed by atoms with Gasteiger partial charge in [-0.1, -0.05) is 5.16 Å². The normalized spacial score (nSPS) is 10.3. The smallest absolute Gasteiger partial charge is 0.212 e. The molecule has 0 N–H and O–H groups in total. The highest BCUT2D eigenvalue weighted by Crippen LogP contribution is 2.34. The van der Waals surface area contributed by atoms with Gasteiger partial charge in [0.1, 0.15) is 0 Å². The van der Waals surface area contributed by atoms with Crippen LogP contribution in [-0.2, 0) is 0 Å². The summed E-state index contributed by atoms with van der Waals surface area (Å²) in [5.74, 6) is 1.23. The van der Waals surface area contributed by atoms with Gasteiger partial charge in [-0.2, -0.15) is 0 Å². The molecule has 4 nitrogen and oxygen atoms in total. The number of benzene rings is 1. The molecule has 0 aliphatic carbocycles. The zero-order valence-electron chi connectivity index (χ0n) is 7.40. The third kappa shape index (κ3) is 1.11. The van der Waals surface area contributed by atoms with Gasteiger partial charge in [-0.25, -0.2) is 0 Å². The Labute approximate surface area is 75.0 Å². The predicted molar refractivity (Wildman–Crippen MR) is 47.1 cm³/mol. The minimum absolute atomic E-state index is 0.581. The fourth-order valence-electron chi connectivity index (χ4n) is 1.25. The van der Waals surface area contributed by atoms with Gasteiger partial charge in [0.25, 0.3) is 0 Å². The van der Waals surface area contributed by atoms with E-state index in [1.54, 1.807) is 20.4 Å². The Bertz CT molecular complexity index is 422. The molecule has 1 heterocycles. The summed E-state index contributed by atoms with van der Waals surface area (Å²) in [5, 5.41) is 4.58. The molecule has 2 aromatic rings. The Morgan fingerprint density at radius 3 is 2.77 bits per heavy atom. The Morgan fingerprint density at radius 2 is 2.08 bits per heavy atom. The van der Waals surface area contributed by atoms with Crippen molar-refractivity contribution in [2.75, 3.05) is 14.2 Å². The summed E-state index contributed by atoms with van der Waals surface area (Å²) in [4.78, 5) is 0. The molecule has 0 spiro atoms. The van der Waals surface area contributed by atoms with E-state index in [4.69, 9.17) is 14.0 Å². The van der Waals surface area contributed by atoms with E-state index in [0.29, 0.717) is 17.1 Å². The quantitative estimate of drug-likeness (QED) is 0.705. The van der Waals surface area contributed by atoms with Gasteiger partial charge in [0.2, 0.25) is 11.3 Å². The Morgan fingerprint density at radius 1 is 1.23 bits per heavy atom. The van der Waals surface area contributed by atoms with E-state index in [0.717, 1.165) is 5.39 Å². The summed E-state index contributed by atoms with van der Waals surface area (Å²) in [6, 6.07) is 3.69. The number of rotatable bonds is 2. The molecule has 0 saturated carbocycles. The number of aromatic nitrogens is 1. The second-order valence-corrected chi connectivity index (χ2v) is 2.55. The largest absolute Gasteiger partial charge is 0.493 e. The van der Waals surface area contributed by atoms with E-state index in [-0.39, 0.29) is 0 Å². The molecular weight excluding hydrogens is 170 g/mol. The highest BCUT2D eigenvalue weighted by atomic mass is 16.5. The summed E-state index contributed by atoms with van der Waals surface area (Å²) < 4.78 is 15.3. The van der Waals surface area contributed by atoms with E-state index in [1.165, 1.54) is 0 Å². The lowest BCUT2D eigenvalue weighted by atomic mass is 10.2. The standard InChI is InChI=1S/C9H9NO3/c1-11-7-4-3-6-5-10-13-8(6)9(7)12-2/h3-5H,1-2H3. The minimum Gasteiger partial charge on any atom is -0.493 e. The first kappa shape index (κ1) is 7.91. The van der Waals surface area contributed by atoms with Crippen molar-refractivity contribution in [2.45, 2.75) is 0 Å². The number of hydrogen-bond donors (Lipinski definition) is 0. The maximum absolute atomic E-state index is 5.15. The number of nitrogens with zero attached hydrogens (tertiary/aromatic N) is 1. The number of methoxy groups -OCH3 is 2. The molecule has 0 fully saturated rings. The second kappa shape index (κ2) is 2.97. The summed E-state index contributed by atoms with van der Waals surface area (Å²) in [6.07, 6.45) is 1.64. The Hall–Kier alpha value is -1.71. The van der Waals surface area contributed by atoms with E-state index in [9.17, 15) is 0 Å². The van der Waals surface area contributed by atoms with Crippen LogP contribution in [-0.4, -0.2) is 19.4 Å². The number of hydrogen-bond acceptors (Lipinski definition) is 4. The zero-order chi connectivity index (χ0) is 9.26. The van der Waals surface area contributed by atoms with Crippen LogP contribution in [0.3, 0.4) is 0 Å². The molecule has 0 atom stereocenters. The first-order chi connectivity index (χ1) is 6.36. The summed E-state index contributed by atoms with van der Waals surface area (Å²) in [6.45, 7) is 0. The molecule has 0 amide bonds. The topological polar surface area (TPSA) is 44.5 Å². The van der Waals surface area contributed by atoms with Crippen molar-refractivity contribution < 1.29 is 14.0 Å². The van der Waals surface area contributed by atoms with Gasteiger partial charge in [0, 0.05) is 5.39 Å². The molecule has 1 aromatic heterocycles. The first-order valence-corrected chi connectivity index (χ1v) is 3.82. The highest BCUT2D eigenvalue weighted by Gasteiger charge is 2.11. The number of fused-ring (bicyclic) bond motifs is 1. The molecule has 0 aliphatic heterocycles. The maximum atomic E-state index is 5.15. The lowest BCUT2D eigenvalue weighted by Gasteiger charge is -2.05. The molecule has 0 saturated heterocycles. The lowest BCUT2D eigenvalue weighted by molar-refractivity contribution is 0.347. The summed E-state index contributed by atoms with van der Waals surface area (Å²) in [7, 11) is 3.15. The summed E-state index contributed by atoms with van der Waals surface area (Å²) in [5.41, 5.74) is 0.613. The van der Waals surface area contributed by atoms with Gasteiger partial charge >= 0.3 is 0 Å². The molecular formula is C9H9NO3. The van der Waals surface area contributed by atoms with E-state index in [2.05, 4.69) is 5.16 Å². The van der Waals surface area contributed by atoms with Crippen LogP contribution in [0.4, 0.5) is 0 Å². The van der Waals surface area contributed by atoms with Crippen LogP contribution in [0.25, 0.3) is 11.0 Å². The average Bonchev–Trinajstić information content (AvgIpc) is 2.63. The maximum Gasteiger partial charge on any atom is 0.212 e. The van der Waals surface area contributed by atoms with Crippen molar-refractivity contribution in [3.8, 4) is 11.5 Å². The van der Waals surface area contributed by atoms with Crippen molar-refractivity contribution in [3.05, 3.63) is 18.3 Å². The van der Waals surface area contributed by atoms with Gasteiger partial charge in [-0.05, 0) is 12.1 Å². The monoisotopic (exact) mass is 179 g/mol. The van der Waals surface area contributed by atoms with Gasteiger partial charge in [0.15, 0.2) is 5.75 Å². The van der Waals surface area contributed by atoms with Crippen molar-refractivity contribution >= 4 is 11.0 Å². The Balaban J connectivity index is 2.74. The number of ether oxygens (including phenoxy) is 2. The molecule has 2 rings (SSSR count).